The lowest BCUT2D eigenvalue weighted by atomic mass is 9.80. The van der Waals surface area contributed by atoms with Crippen molar-refractivity contribution in [2.75, 3.05) is 6.54 Å². The van der Waals surface area contributed by atoms with Crippen molar-refractivity contribution in [3.05, 3.63) is 0 Å². The van der Waals surface area contributed by atoms with Crippen LogP contribution < -0.4 is 5.32 Å². The zero-order chi connectivity index (χ0) is 9.90. The van der Waals surface area contributed by atoms with Crippen LogP contribution in [0.3, 0.4) is 0 Å². The Morgan fingerprint density at radius 3 is 2.69 bits per heavy atom. The van der Waals surface area contributed by atoms with Crippen LogP contribution in [0.5, 0.6) is 0 Å². The lowest BCUT2D eigenvalue weighted by Crippen LogP contribution is -2.40. The van der Waals surface area contributed by atoms with Gasteiger partial charge in [0.1, 0.15) is 0 Å². The van der Waals surface area contributed by atoms with Gasteiger partial charge < -0.3 is 5.32 Å². The van der Waals surface area contributed by atoms with Gasteiger partial charge in [0.25, 0.3) is 0 Å². The second kappa shape index (κ2) is 4.96. The predicted molar refractivity (Wildman–Crippen MR) is 67.5 cm³/mol. The average molecular weight is 295 g/mol. The normalized spacial score (nSPS) is 35.3. The van der Waals surface area contributed by atoms with E-state index in [1.807, 2.05) is 0 Å². The summed E-state index contributed by atoms with van der Waals surface area (Å²) in [7, 11) is 0. The van der Waals surface area contributed by atoms with Crippen molar-refractivity contribution in [1.29, 1.82) is 0 Å². The van der Waals surface area contributed by atoms with Crippen LogP contribution in [0.15, 0.2) is 0 Å². The molecule has 1 N–H and O–H groups in total. The number of alkyl halides is 1. The fourth-order valence-electron chi connectivity index (χ4n) is 2.06. The number of rotatable bonds is 3. The maximum Gasteiger partial charge on any atom is 0.0234 e. The smallest absolute Gasteiger partial charge is 0.0234 e. The molecule has 0 aromatic rings. The molecule has 0 amide bonds. The molecule has 13 heavy (non-hydrogen) atoms. The quantitative estimate of drug-likeness (QED) is 0.622. The molecular formula is C11H22IN. The van der Waals surface area contributed by atoms with Crippen molar-refractivity contribution in [3.8, 4) is 0 Å². The largest absolute Gasteiger partial charge is 0.314 e. The summed E-state index contributed by atoms with van der Waals surface area (Å²) in [6.45, 7) is 8.08. The van der Waals surface area contributed by atoms with Crippen molar-refractivity contribution in [3.63, 3.8) is 0 Å². The van der Waals surface area contributed by atoms with Crippen molar-refractivity contribution in [2.45, 2.75) is 55.9 Å². The molecule has 0 saturated heterocycles. The Morgan fingerprint density at radius 1 is 1.46 bits per heavy atom. The van der Waals surface area contributed by atoms with E-state index in [-0.39, 0.29) is 0 Å². The van der Waals surface area contributed by atoms with Gasteiger partial charge in [-0.15, -0.1) is 0 Å². The Balaban J connectivity index is 2.37. The lowest BCUT2D eigenvalue weighted by molar-refractivity contribution is 0.287. The SMILES string of the molecule is CC(C)NCC1CCCCC1(C)I. The number of hydrogen-bond acceptors (Lipinski definition) is 1. The molecule has 2 atom stereocenters. The molecule has 1 rings (SSSR count). The molecule has 0 aromatic heterocycles. The second-order valence-corrected chi connectivity index (χ2v) is 7.25. The van der Waals surface area contributed by atoms with Gasteiger partial charge in [-0.2, -0.15) is 0 Å². The van der Waals surface area contributed by atoms with Crippen LogP contribution in [0.4, 0.5) is 0 Å². The molecule has 1 aliphatic rings. The minimum atomic E-state index is 0.540. The van der Waals surface area contributed by atoms with E-state index in [0.717, 1.165) is 5.92 Å². The number of halogens is 1. The highest BCUT2D eigenvalue weighted by Crippen LogP contribution is 2.40. The molecule has 0 aromatic carbocycles. The highest BCUT2D eigenvalue weighted by Gasteiger charge is 2.33. The highest BCUT2D eigenvalue weighted by molar-refractivity contribution is 14.1. The molecule has 2 heteroatoms. The molecule has 0 bridgehead atoms. The van der Waals surface area contributed by atoms with E-state index in [1.54, 1.807) is 0 Å². The van der Waals surface area contributed by atoms with Crippen LogP contribution >= 0.6 is 22.6 Å². The first-order valence-corrected chi connectivity index (χ1v) is 6.52. The maximum atomic E-state index is 3.57. The van der Waals surface area contributed by atoms with Gasteiger partial charge in [0.15, 0.2) is 0 Å². The summed E-state index contributed by atoms with van der Waals surface area (Å²) in [4.78, 5) is 0. The third-order valence-corrected chi connectivity index (χ3v) is 4.51. The van der Waals surface area contributed by atoms with Crippen molar-refractivity contribution in [1.82, 2.24) is 5.32 Å². The average Bonchev–Trinajstić information content (AvgIpc) is 2.01. The molecule has 1 fully saturated rings. The Morgan fingerprint density at radius 2 is 2.15 bits per heavy atom. The summed E-state index contributed by atoms with van der Waals surface area (Å²) in [6, 6.07) is 0.633. The van der Waals surface area contributed by atoms with Gasteiger partial charge >= 0.3 is 0 Å². The predicted octanol–water partition coefficient (Wildman–Crippen LogP) is 3.37. The van der Waals surface area contributed by atoms with E-state index < -0.39 is 0 Å². The second-order valence-electron chi connectivity index (χ2n) is 4.78. The van der Waals surface area contributed by atoms with E-state index in [9.17, 15) is 0 Å². The first kappa shape index (κ1) is 11.8. The fraction of sp³-hybridized carbons (Fsp3) is 1.00. The Labute approximate surface area is 96.2 Å². The minimum absolute atomic E-state index is 0.540. The molecule has 78 valence electrons. The molecule has 0 aliphatic heterocycles. The van der Waals surface area contributed by atoms with E-state index in [2.05, 4.69) is 48.7 Å². The lowest BCUT2D eigenvalue weighted by Gasteiger charge is -2.37. The van der Waals surface area contributed by atoms with Crippen molar-refractivity contribution >= 4 is 22.6 Å². The Bertz CT molecular complexity index is 154. The molecule has 0 spiro atoms. The molecule has 1 nitrogen and oxygen atoms in total. The first-order chi connectivity index (χ1) is 6.02. The van der Waals surface area contributed by atoms with Crippen molar-refractivity contribution in [2.24, 2.45) is 5.92 Å². The summed E-state index contributed by atoms with van der Waals surface area (Å²) in [6.07, 6.45) is 5.68. The van der Waals surface area contributed by atoms with Crippen LogP contribution in [-0.4, -0.2) is 16.0 Å². The van der Waals surface area contributed by atoms with Gasteiger partial charge in [0.2, 0.25) is 0 Å². The molecule has 2 unspecified atom stereocenters. The standard InChI is InChI=1S/C11H22IN/c1-9(2)13-8-10-6-4-5-7-11(10,3)12/h9-10,13H,4-8H2,1-3H3. The van der Waals surface area contributed by atoms with E-state index in [1.165, 1.54) is 32.2 Å². The van der Waals surface area contributed by atoms with E-state index in [4.69, 9.17) is 0 Å². The molecule has 1 saturated carbocycles. The number of nitrogens with one attached hydrogen (secondary N) is 1. The number of hydrogen-bond donors (Lipinski definition) is 1. The summed E-state index contributed by atoms with van der Waals surface area (Å²) in [5.41, 5.74) is 0. The summed E-state index contributed by atoms with van der Waals surface area (Å²) in [5.74, 6) is 0.879. The van der Waals surface area contributed by atoms with Crippen LogP contribution in [0.2, 0.25) is 0 Å². The van der Waals surface area contributed by atoms with Gasteiger partial charge in [-0.05, 0) is 25.3 Å². The van der Waals surface area contributed by atoms with Crippen LogP contribution in [0.25, 0.3) is 0 Å². The maximum absolute atomic E-state index is 3.57. The van der Waals surface area contributed by atoms with Gasteiger partial charge in [-0.25, -0.2) is 0 Å². The third kappa shape index (κ3) is 3.74. The Kier molecular flexibility index (Phi) is 4.49. The summed E-state index contributed by atoms with van der Waals surface area (Å²) >= 11 is 2.66. The van der Waals surface area contributed by atoms with Gasteiger partial charge in [0.05, 0.1) is 0 Å². The molecule has 1 aliphatic carbocycles. The zero-order valence-corrected chi connectivity index (χ0v) is 11.2. The van der Waals surface area contributed by atoms with Crippen molar-refractivity contribution < 1.29 is 0 Å². The molecule has 0 heterocycles. The van der Waals surface area contributed by atoms with Crippen LogP contribution in [-0.2, 0) is 0 Å². The zero-order valence-electron chi connectivity index (χ0n) is 9.07. The monoisotopic (exact) mass is 295 g/mol. The summed E-state index contributed by atoms with van der Waals surface area (Å²) < 4.78 is 0.540. The molecule has 0 radical (unpaired) electrons. The van der Waals surface area contributed by atoms with E-state index in [0.29, 0.717) is 9.46 Å². The van der Waals surface area contributed by atoms with Gasteiger partial charge in [-0.1, -0.05) is 56.2 Å². The van der Waals surface area contributed by atoms with Gasteiger partial charge in [0, 0.05) is 9.46 Å². The molecular weight excluding hydrogens is 273 g/mol. The van der Waals surface area contributed by atoms with Crippen LogP contribution in [0, 0.1) is 5.92 Å². The van der Waals surface area contributed by atoms with Crippen LogP contribution in [0.1, 0.15) is 46.5 Å². The topological polar surface area (TPSA) is 12.0 Å². The highest BCUT2D eigenvalue weighted by atomic mass is 127. The van der Waals surface area contributed by atoms with Gasteiger partial charge in [-0.3, -0.25) is 0 Å². The summed E-state index contributed by atoms with van der Waals surface area (Å²) in [5, 5.41) is 3.57. The van der Waals surface area contributed by atoms with E-state index >= 15 is 0 Å². The Hall–Kier alpha value is 0.690. The third-order valence-electron chi connectivity index (χ3n) is 3.09. The minimum Gasteiger partial charge on any atom is -0.314 e. The fourth-order valence-corrected chi connectivity index (χ4v) is 2.97. The first-order valence-electron chi connectivity index (χ1n) is 5.44.